The Hall–Kier alpha value is 0.160. The fourth-order valence-corrected chi connectivity index (χ4v) is 0. The second kappa shape index (κ2) is 7.27. The van der Waals surface area contributed by atoms with E-state index >= 15 is 0 Å². The van der Waals surface area contributed by atoms with Crippen LogP contribution in [0.5, 0.6) is 0 Å². The van der Waals surface area contributed by atoms with E-state index in [9.17, 15) is 0 Å². The van der Waals surface area contributed by atoms with Gasteiger partial charge in [0, 0.05) is 26.2 Å². The average Bonchev–Trinajstić information content (AvgIpc) is 2.62. The Morgan fingerprint density at radius 2 is 1.30 bits per heavy atom. The third-order valence-corrected chi connectivity index (χ3v) is 0.500. The molecular formula is C5H13N3S2. The second-order valence-electron chi connectivity index (χ2n) is 1.84. The fraction of sp³-hybridized carbons (Fsp3) is 0.800. The van der Waals surface area contributed by atoms with Crippen LogP contribution < -0.4 is 16.4 Å². The second-order valence-corrected chi connectivity index (χ2v) is 3.06. The van der Waals surface area contributed by atoms with E-state index < -0.39 is 0 Å². The molecule has 10 heavy (non-hydrogen) atoms. The minimum Gasteiger partial charge on any atom is -0.385 e. The molecule has 2 heterocycles. The lowest BCUT2D eigenvalue weighted by Crippen LogP contribution is -1.94. The van der Waals surface area contributed by atoms with Crippen LogP contribution in [0.25, 0.3) is 0 Å². The maximum Gasteiger partial charge on any atom is 0.128 e. The van der Waals surface area contributed by atoms with Crippen LogP contribution in [0, 0.1) is 0 Å². The Morgan fingerprint density at radius 1 is 1.20 bits per heavy atom. The zero-order chi connectivity index (χ0) is 7.82. The van der Waals surface area contributed by atoms with Gasteiger partial charge in [-0.25, -0.2) is 0 Å². The number of hydrogen-bond acceptors (Lipinski definition) is 3. The highest BCUT2D eigenvalue weighted by atomic mass is 32.1. The molecule has 2 rings (SSSR count). The van der Waals surface area contributed by atoms with Crippen molar-refractivity contribution >= 4 is 29.2 Å². The molecular weight excluding hydrogens is 166 g/mol. The molecule has 2 saturated heterocycles. The molecule has 2 aliphatic rings. The van der Waals surface area contributed by atoms with Gasteiger partial charge >= 0.3 is 0 Å². The Balaban J connectivity index is 0.000000122. The van der Waals surface area contributed by atoms with Crippen LogP contribution >= 0.6 is 24.8 Å². The van der Waals surface area contributed by atoms with E-state index in [4.69, 9.17) is 5.73 Å². The quantitative estimate of drug-likeness (QED) is 0.226. The molecule has 0 amide bonds. The van der Waals surface area contributed by atoms with Gasteiger partial charge in [0.15, 0.2) is 0 Å². The van der Waals surface area contributed by atoms with E-state index in [0.717, 1.165) is 0 Å². The third-order valence-electron chi connectivity index (χ3n) is 0.500. The number of thiol groups is 1. The minimum atomic E-state index is 0.194. The zero-order valence-corrected chi connectivity index (χ0v) is 7.47. The first-order valence-corrected chi connectivity index (χ1v) is 3.99. The van der Waals surface area contributed by atoms with Crippen molar-refractivity contribution in [2.75, 3.05) is 26.2 Å². The number of nitrogens with one attached hydrogen (secondary N) is 2. The summed E-state index contributed by atoms with van der Waals surface area (Å²) in [5, 5.41) is 6.00. The summed E-state index contributed by atoms with van der Waals surface area (Å²) in [6, 6.07) is 0. The van der Waals surface area contributed by atoms with Crippen molar-refractivity contribution in [1.82, 2.24) is 10.6 Å². The van der Waals surface area contributed by atoms with Gasteiger partial charge in [-0.3, -0.25) is 0 Å². The molecule has 0 atom stereocenters. The number of nitrogens with two attached hydrogens (primary N) is 1. The smallest absolute Gasteiger partial charge is 0.128 e. The van der Waals surface area contributed by atoms with Crippen LogP contribution in [-0.2, 0) is 0 Å². The van der Waals surface area contributed by atoms with Gasteiger partial charge in [0.05, 0.1) is 0 Å². The fourth-order valence-electron chi connectivity index (χ4n) is 0. The van der Waals surface area contributed by atoms with Crippen molar-refractivity contribution in [3.05, 3.63) is 0 Å². The molecule has 0 aromatic carbocycles. The molecule has 3 nitrogen and oxygen atoms in total. The van der Waals surface area contributed by atoms with E-state index in [-0.39, 0.29) is 4.32 Å². The van der Waals surface area contributed by atoms with Gasteiger partial charge in [-0.15, -0.1) is 12.6 Å². The van der Waals surface area contributed by atoms with Crippen molar-refractivity contribution in [1.29, 1.82) is 0 Å². The Bertz CT molecular complexity index is 77.4. The molecule has 0 radical (unpaired) electrons. The van der Waals surface area contributed by atoms with Crippen molar-refractivity contribution in [3.63, 3.8) is 0 Å². The Kier molecular flexibility index (Phi) is 7.39. The number of thiocarbonyl (C=S) groups is 1. The molecule has 0 aliphatic carbocycles. The first-order chi connectivity index (χ1) is 4.73. The first kappa shape index (κ1) is 10.2. The highest BCUT2D eigenvalue weighted by molar-refractivity contribution is 8.10. The molecule has 2 aliphatic heterocycles. The molecule has 0 saturated carbocycles. The van der Waals surface area contributed by atoms with Crippen molar-refractivity contribution < 1.29 is 0 Å². The molecule has 60 valence electrons. The summed E-state index contributed by atoms with van der Waals surface area (Å²) < 4.78 is 0.194. The lowest BCUT2D eigenvalue weighted by molar-refractivity contribution is 1.34. The summed E-state index contributed by atoms with van der Waals surface area (Å²) in [5.74, 6) is 0. The van der Waals surface area contributed by atoms with Gasteiger partial charge in [-0.2, -0.15) is 0 Å². The van der Waals surface area contributed by atoms with Gasteiger partial charge in [0.1, 0.15) is 4.32 Å². The van der Waals surface area contributed by atoms with Crippen molar-refractivity contribution in [2.24, 2.45) is 5.73 Å². The molecule has 0 aromatic rings. The van der Waals surface area contributed by atoms with Gasteiger partial charge in [-0.05, 0) is 0 Å². The van der Waals surface area contributed by atoms with Crippen LogP contribution in [0.1, 0.15) is 0 Å². The first-order valence-electron chi connectivity index (χ1n) is 3.13. The van der Waals surface area contributed by atoms with Gasteiger partial charge in [0.2, 0.25) is 0 Å². The molecule has 0 aromatic heterocycles. The van der Waals surface area contributed by atoms with Gasteiger partial charge in [0.25, 0.3) is 0 Å². The zero-order valence-electron chi connectivity index (χ0n) is 5.76. The molecule has 4 N–H and O–H groups in total. The Labute approximate surface area is 72.2 Å². The van der Waals surface area contributed by atoms with E-state index in [2.05, 4.69) is 35.5 Å². The molecule has 2 fully saturated rings. The van der Waals surface area contributed by atoms with Crippen molar-refractivity contribution in [3.8, 4) is 0 Å². The van der Waals surface area contributed by atoms with E-state index in [1.54, 1.807) is 0 Å². The lowest BCUT2D eigenvalue weighted by Gasteiger charge is -1.64. The van der Waals surface area contributed by atoms with Crippen LogP contribution in [-0.4, -0.2) is 30.5 Å². The van der Waals surface area contributed by atoms with Crippen LogP contribution in [0.2, 0.25) is 0 Å². The maximum atomic E-state index is 4.71. The topological polar surface area (TPSA) is 69.9 Å². The summed E-state index contributed by atoms with van der Waals surface area (Å²) in [5.41, 5.74) is 4.71. The standard InChI is InChI=1S/2C2H5N.CH3NS2/c2*1-2-3-1;2-1(3)4/h2*3H,1-2H2;(H3,2,3,4). The highest BCUT2D eigenvalue weighted by Gasteiger charge is 1.91. The molecule has 5 heteroatoms. The molecule has 0 bridgehead atoms. The van der Waals surface area contributed by atoms with Crippen LogP contribution in [0.3, 0.4) is 0 Å². The van der Waals surface area contributed by atoms with Crippen LogP contribution in [0.4, 0.5) is 0 Å². The molecule has 0 unspecified atom stereocenters. The Morgan fingerprint density at radius 3 is 1.30 bits per heavy atom. The summed E-state index contributed by atoms with van der Waals surface area (Å²) >= 11 is 7.65. The summed E-state index contributed by atoms with van der Waals surface area (Å²) in [4.78, 5) is 0. The van der Waals surface area contributed by atoms with Gasteiger partial charge in [-0.1, -0.05) is 12.2 Å². The van der Waals surface area contributed by atoms with E-state index in [1.165, 1.54) is 26.2 Å². The van der Waals surface area contributed by atoms with Gasteiger partial charge < -0.3 is 16.4 Å². The minimum absolute atomic E-state index is 0.194. The third kappa shape index (κ3) is 89.7. The summed E-state index contributed by atoms with van der Waals surface area (Å²) in [6.07, 6.45) is 0. The predicted molar refractivity (Wildman–Crippen MR) is 51.5 cm³/mol. The van der Waals surface area contributed by atoms with Crippen LogP contribution in [0.15, 0.2) is 0 Å². The monoisotopic (exact) mass is 179 g/mol. The molecule has 0 spiro atoms. The average molecular weight is 179 g/mol. The van der Waals surface area contributed by atoms with E-state index in [1.807, 2.05) is 0 Å². The number of hydrogen-bond donors (Lipinski definition) is 4. The van der Waals surface area contributed by atoms with E-state index in [0.29, 0.717) is 0 Å². The predicted octanol–water partition coefficient (Wildman–Crippen LogP) is -0.661. The number of rotatable bonds is 0. The maximum absolute atomic E-state index is 4.71. The largest absolute Gasteiger partial charge is 0.385 e. The van der Waals surface area contributed by atoms with Crippen molar-refractivity contribution in [2.45, 2.75) is 0 Å². The summed E-state index contributed by atoms with van der Waals surface area (Å²) in [6.45, 7) is 5.00. The highest BCUT2D eigenvalue weighted by Crippen LogP contribution is 1.65. The lowest BCUT2D eigenvalue weighted by atomic mass is 11.0. The normalized spacial score (nSPS) is 16.9. The SMILES string of the molecule is C1CN1.C1CN1.NC(=S)S. The summed E-state index contributed by atoms with van der Waals surface area (Å²) in [7, 11) is 0.